The predicted octanol–water partition coefficient (Wildman–Crippen LogP) is 0.545. The lowest BCUT2D eigenvalue weighted by Gasteiger charge is -2.14. The summed E-state index contributed by atoms with van der Waals surface area (Å²) in [5.41, 5.74) is 6.29. The molecule has 0 aliphatic heterocycles. The number of rotatable bonds is 5. The van der Waals surface area contributed by atoms with E-state index in [0.29, 0.717) is 11.6 Å². The van der Waals surface area contributed by atoms with Crippen LogP contribution in [-0.2, 0) is 16.1 Å². The van der Waals surface area contributed by atoms with Gasteiger partial charge in [0.1, 0.15) is 12.6 Å². The molecule has 0 saturated heterocycles. The fourth-order valence-corrected chi connectivity index (χ4v) is 1.11. The van der Waals surface area contributed by atoms with Gasteiger partial charge in [-0.2, -0.15) is 0 Å². The highest BCUT2D eigenvalue weighted by atomic mass is 16.5. The fraction of sp³-hybridized carbons (Fsp3) is 0.545. The molecule has 0 saturated carbocycles. The molecule has 0 aliphatic carbocycles. The number of aromatic nitrogens is 2. The Morgan fingerprint density at radius 2 is 2.29 bits per heavy atom. The predicted molar refractivity (Wildman–Crippen MR) is 64.2 cm³/mol. The molecule has 0 radical (unpaired) electrons. The van der Waals surface area contributed by atoms with Gasteiger partial charge in [-0.05, 0) is 12.0 Å². The topological polar surface area (TPSA) is 90.1 Å². The summed E-state index contributed by atoms with van der Waals surface area (Å²) in [6, 6.07) is 1.09. The molecule has 1 rings (SSSR count). The van der Waals surface area contributed by atoms with Crippen LogP contribution < -0.4 is 11.1 Å². The maximum absolute atomic E-state index is 11.5. The van der Waals surface area contributed by atoms with Crippen LogP contribution in [0.5, 0.6) is 0 Å². The molecule has 1 unspecified atom stereocenters. The first-order chi connectivity index (χ1) is 8.04. The second kappa shape index (κ2) is 6.15. The highest BCUT2D eigenvalue weighted by Crippen LogP contribution is 2.05. The Hall–Kier alpha value is -1.69. The molecule has 0 aliphatic rings. The lowest BCUT2D eigenvalue weighted by Crippen LogP contribution is -2.36. The number of nitrogens with two attached hydrogens (primary N) is 1. The Kier molecular flexibility index (Phi) is 4.84. The van der Waals surface area contributed by atoms with Crippen LogP contribution in [0.2, 0.25) is 0 Å². The van der Waals surface area contributed by atoms with Crippen molar-refractivity contribution in [2.75, 3.05) is 12.4 Å². The summed E-state index contributed by atoms with van der Waals surface area (Å²) in [5, 5.41) is 2.81. The molecule has 0 fully saturated rings. The number of carbonyl (C=O) groups is 1. The van der Waals surface area contributed by atoms with Crippen molar-refractivity contribution >= 4 is 11.9 Å². The van der Waals surface area contributed by atoms with Crippen molar-refractivity contribution < 1.29 is 9.53 Å². The van der Waals surface area contributed by atoms with Crippen molar-refractivity contribution in [1.29, 1.82) is 0 Å². The Balaban J connectivity index is 2.52. The van der Waals surface area contributed by atoms with E-state index in [0.717, 1.165) is 0 Å². The van der Waals surface area contributed by atoms with Crippen LogP contribution in [0.4, 0.5) is 5.95 Å². The summed E-state index contributed by atoms with van der Waals surface area (Å²) in [4.78, 5) is 19.6. The highest BCUT2D eigenvalue weighted by Gasteiger charge is 2.18. The molecular formula is C11H18N4O2. The Labute approximate surface area is 101 Å². The number of nitrogens with zero attached hydrogens (tertiary/aromatic N) is 2. The van der Waals surface area contributed by atoms with E-state index in [2.05, 4.69) is 15.3 Å². The van der Waals surface area contributed by atoms with E-state index in [1.54, 1.807) is 19.3 Å². The smallest absolute Gasteiger partial charge is 0.323 e. The number of esters is 1. The number of anilines is 1. The van der Waals surface area contributed by atoms with E-state index >= 15 is 0 Å². The molecule has 1 aromatic heterocycles. The normalized spacial score (nSPS) is 12.3. The minimum atomic E-state index is -0.597. The van der Waals surface area contributed by atoms with E-state index < -0.39 is 12.0 Å². The molecule has 94 valence electrons. The van der Waals surface area contributed by atoms with Gasteiger partial charge in [0.05, 0.1) is 5.69 Å². The second-order valence-corrected chi connectivity index (χ2v) is 4.00. The monoisotopic (exact) mass is 238 g/mol. The fourth-order valence-electron chi connectivity index (χ4n) is 1.11. The van der Waals surface area contributed by atoms with Crippen LogP contribution in [-0.4, -0.2) is 29.0 Å². The van der Waals surface area contributed by atoms with Crippen molar-refractivity contribution in [2.45, 2.75) is 26.5 Å². The minimum absolute atomic E-state index is 0.0563. The van der Waals surface area contributed by atoms with Gasteiger partial charge in [0.2, 0.25) is 5.95 Å². The third-order valence-corrected chi connectivity index (χ3v) is 2.29. The van der Waals surface area contributed by atoms with E-state index in [4.69, 9.17) is 10.5 Å². The van der Waals surface area contributed by atoms with Gasteiger partial charge in [0.25, 0.3) is 0 Å². The minimum Gasteiger partial charge on any atom is -0.458 e. The van der Waals surface area contributed by atoms with Gasteiger partial charge < -0.3 is 15.8 Å². The lowest BCUT2D eigenvalue weighted by molar-refractivity contribution is -0.147. The number of hydrogen-bond acceptors (Lipinski definition) is 6. The molecule has 6 heteroatoms. The van der Waals surface area contributed by atoms with Gasteiger partial charge in [-0.15, -0.1) is 0 Å². The molecule has 3 N–H and O–H groups in total. The summed E-state index contributed by atoms with van der Waals surface area (Å²) in [6.45, 7) is 3.85. The molecule has 6 nitrogen and oxygen atoms in total. The summed E-state index contributed by atoms with van der Waals surface area (Å²) in [7, 11) is 1.72. The van der Waals surface area contributed by atoms with Gasteiger partial charge >= 0.3 is 5.97 Å². The first kappa shape index (κ1) is 13.4. The summed E-state index contributed by atoms with van der Waals surface area (Å²) in [5.74, 6) is 0.136. The van der Waals surface area contributed by atoms with Crippen LogP contribution in [0.15, 0.2) is 12.3 Å². The van der Waals surface area contributed by atoms with Crippen LogP contribution in [0, 0.1) is 5.92 Å². The average molecular weight is 238 g/mol. The Morgan fingerprint density at radius 1 is 1.59 bits per heavy atom. The molecule has 0 bridgehead atoms. The highest BCUT2D eigenvalue weighted by molar-refractivity contribution is 5.75. The van der Waals surface area contributed by atoms with Crippen LogP contribution in [0.25, 0.3) is 0 Å². The molecule has 0 amide bonds. The average Bonchev–Trinajstić information content (AvgIpc) is 2.35. The van der Waals surface area contributed by atoms with Gasteiger partial charge in [0.15, 0.2) is 0 Å². The summed E-state index contributed by atoms with van der Waals surface area (Å²) >= 11 is 0. The Bertz CT molecular complexity index is 381. The maximum Gasteiger partial charge on any atom is 0.323 e. The molecule has 0 spiro atoms. The quantitative estimate of drug-likeness (QED) is 0.728. The molecular weight excluding hydrogens is 220 g/mol. The third-order valence-electron chi connectivity index (χ3n) is 2.29. The summed E-state index contributed by atoms with van der Waals surface area (Å²) in [6.07, 6.45) is 1.60. The van der Waals surface area contributed by atoms with Crippen molar-refractivity contribution in [3.63, 3.8) is 0 Å². The SMILES string of the molecule is CNc1nccc(COC(=O)C(N)C(C)C)n1. The first-order valence-electron chi connectivity index (χ1n) is 5.46. The number of nitrogens with one attached hydrogen (secondary N) is 1. The van der Waals surface area contributed by atoms with Crippen molar-refractivity contribution in [2.24, 2.45) is 11.7 Å². The van der Waals surface area contributed by atoms with Gasteiger partial charge in [-0.25, -0.2) is 9.97 Å². The zero-order valence-corrected chi connectivity index (χ0v) is 10.3. The largest absolute Gasteiger partial charge is 0.458 e. The van der Waals surface area contributed by atoms with Gasteiger partial charge in [-0.1, -0.05) is 13.8 Å². The molecule has 0 aromatic carbocycles. The number of hydrogen-bond donors (Lipinski definition) is 2. The van der Waals surface area contributed by atoms with Gasteiger partial charge in [-0.3, -0.25) is 4.79 Å². The second-order valence-electron chi connectivity index (χ2n) is 4.00. The van der Waals surface area contributed by atoms with Crippen molar-refractivity contribution in [3.05, 3.63) is 18.0 Å². The molecule has 1 heterocycles. The van der Waals surface area contributed by atoms with E-state index in [9.17, 15) is 4.79 Å². The van der Waals surface area contributed by atoms with Crippen molar-refractivity contribution in [3.8, 4) is 0 Å². The lowest BCUT2D eigenvalue weighted by atomic mass is 10.1. The third kappa shape index (κ3) is 3.99. The maximum atomic E-state index is 11.5. The van der Waals surface area contributed by atoms with E-state index in [1.165, 1.54) is 0 Å². The number of ether oxygens (including phenoxy) is 1. The zero-order valence-electron chi connectivity index (χ0n) is 10.3. The molecule has 17 heavy (non-hydrogen) atoms. The molecule has 1 atom stereocenters. The molecule has 1 aromatic rings. The van der Waals surface area contributed by atoms with Crippen molar-refractivity contribution in [1.82, 2.24) is 9.97 Å². The standard InChI is InChI=1S/C11H18N4O2/c1-7(2)9(12)10(16)17-6-8-4-5-14-11(13-3)15-8/h4-5,7,9H,6,12H2,1-3H3,(H,13,14,15). The van der Waals surface area contributed by atoms with E-state index in [-0.39, 0.29) is 12.5 Å². The Morgan fingerprint density at radius 3 is 2.88 bits per heavy atom. The van der Waals surface area contributed by atoms with Gasteiger partial charge in [0, 0.05) is 13.2 Å². The zero-order chi connectivity index (χ0) is 12.8. The van der Waals surface area contributed by atoms with Crippen LogP contribution >= 0.6 is 0 Å². The summed E-state index contributed by atoms with van der Waals surface area (Å²) < 4.78 is 5.07. The van der Waals surface area contributed by atoms with E-state index in [1.807, 2.05) is 13.8 Å². The number of carbonyl (C=O) groups excluding carboxylic acids is 1. The van der Waals surface area contributed by atoms with Crippen LogP contribution in [0.1, 0.15) is 19.5 Å². The van der Waals surface area contributed by atoms with Crippen LogP contribution in [0.3, 0.4) is 0 Å². The first-order valence-corrected chi connectivity index (χ1v) is 5.46.